The van der Waals surface area contributed by atoms with Crippen LogP contribution in [-0.4, -0.2) is 17.2 Å². The Morgan fingerprint density at radius 1 is 0.622 bits per heavy atom. The predicted molar refractivity (Wildman–Crippen MR) is 161 cm³/mol. The molecule has 0 saturated carbocycles. The van der Waals surface area contributed by atoms with E-state index in [-0.39, 0.29) is 5.78 Å². The van der Waals surface area contributed by atoms with E-state index in [0.29, 0.717) is 0 Å². The zero-order valence-electron chi connectivity index (χ0n) is 23.3. The van der Waals surface area contributed by atoms with Crippen molar-refractivity contribution in [1.29, 1.82) is 0 Å². The Hall–Kier alpha value is -2.61. The molecule has 0 amide bonds. The van der Waals surface area contributed by atoms with Gasteiger partial charge < -0.3 is 4.90 Å². The number of hydrogen-bond donors (Lipinski definition) is 0. The van der Waals surface area contributed by atoms with Crippen molar-refractivity contribution in [3.63, 3.8) is 0 Å². The lowest BCUT2D eigenvalue weighted by Crippen LogP contribution is -2.13. The van der Waals surface area contributed by atoms with E-state index in [9.17, 15) is 4.79 Å². The number of allylic oxidation sites excluding steroid dienone is 7. The molecule has 0 bridgehead atoms. The Morgan fingerprint density at radius 2 is 1.16 bits per heavy atom. The molecule has 1 aliphatic heterocycles. The van der Waals surface area contributed by atoms with E-state index in [2.05, 4.69) is 42.4 Å². The van der Waals surface area contributed by atoms with Crippen molar-refractivity contribution < 1.29 is 4.79 Å². The topological polar surface area (TPSA) is 20.3 Å². The maximum absolute atomic E-state index is 12.4. The van der Waals surface area contributed by atoms with Crippen LogP contribution in [0.15, 0.2) is 72.6 Å². The third-order valence-corrected chi connectivity index (χ3v) is 7.56. The van der Waals surface area contributed by atoms with Gasteiger partial charge in [0.15, 0.2) is 5.78 Å². The Balaban J connectivity index is 1.20. The van der Waals surface area contributed by atoms with Crippen LogP contribution in [0.2, 0.25) is 0 Å². The number of unbranched alkanes of at least 4 members (excludes halogenated alkanes) is 15. The Kier molecular flexibility index (Phi) is 13.9. The van der Waals surface area contributed by atoms with Crippen LogP contribution < -0.4 is 0 Å². The lowest BCUT2D eigenvalue weighted by molar-refractivity contribution is -0.109. The first-order valence-corrected chi connectivity index (χ1v) is 15.1. The number of benzene rings is 1. The van der Waals surface area contributed by atoms with Crippen LogP contribution in [0, 0.1) is 0 Å². The van der Waals surface area contributed by atoms with Crippen LogP contribution in [0.3, 0.4) is 0 Å². The summed E-state index contributed by atoms with van der Waals surface area (Å²) in [5, 5.41) is 0. The van der Waals surface area contributed by atoms with E-state index in [0.717, 1.165) is 28.8 Å². The molecule has 1 aromatic carbocycles. The molecule has 1 aliphatic carbocycles. The lowest BCUT2D eigenvalue weighted by atomic mass is 9.91. The van der Waals surface area contributed by atoms with Gasteiger partial charge in [-0.3, -0.25) is 4.79 Å². The molecule has 2 heteroatoms. The fraction of sp³-hybridized carbons (Fsp3) is 0.514. The normalized spacial score (nSPS) is 15.6. The van der Waals surface area contributed by atoms with Crippen molar-refractivity contribution in [3.05, 3.63) is 83.7 Å². The minimum atomic E-state index is 0.0736. The molecule has 0 spiro atoms. The monoisotopic (exact) mass is 499 g/mol. The van der Waals surface area contributed by atoms with Crippen molar-refractivity contribution >= 4 is 17.4 Å². The van der Waals surface area contributed by atoms with Crippen molar-refractivity contribution in [2.45, 2.75) is 110 Å². The molecule has 0 aromatic heterocycles. The van der Waals surface area contributed by atoms with Crippen LogP contribution in [0.1, 0.15) is 121 Å². The van der Waals surface area contributed by atoms with Gasteiger partial charge in [0.25, 0.3) is 0 Å². The van der Waals surface area contributed by atoms with Gasteiger partial charge in [-0.1, -0.05) is 140 Å². The molecule has 2 nitrogen and oxygen atoms in total. The largest absolute Gasteiger partial charge is 0.354 e. The lowest BCUT2D eigenvalue weighted by Gasteiger charge is -2.18. The first-order valence-electron chi connectivity index (χ1n) is 15.1. The summed E-state index contributed by atoms with van der Waals surface area (Å²) in [4.78, 5) is 14.7. The molecule has 0 atom stereocenters. The van der Waals surface area contributed by atoms with Crippen molar-refractivity contribution in [1.82, 2.24) is 4.90 Å². The number of rotatable bonds is 18. The highest BCUT2D eigenvalue weighted by Gasteiger charge is 2.15. The highest BCUT2D eigenvalue weighted by Crippen LogP contribution is 2.27. The summed E-state index contributed by atoms with van der Waals surface area (Å²) in [6.45, 7) is 3.37. The smallest absolute Gasteiger partial charge is 0.186 e. The Bertz CT molecular complexity index is 945. The molecule has 0 saturated heterocycles. The second-order valence-corrected chi connectivity index (χ2v) is 10.7. The van der Waals surface area contributed by atoms with Gasteiger partial charge in [-0.15, -0.1) is 0 Å². The number of fused-ring (bicyclic) bond motifs is 1. The van der Waals surface area contributed by atoms with Crippen LogP contribution >= 0.6 is 0 Å². The first-order chi connectivity index (χ1) is 18.3. The van der Waals surface area contributed by atoms with Crippen LogP contribution in [0.5, 0.6) is 0 Å². The van der Waals surface area contributed by atoms with E-state index in [1.165, 1.54) is 103 Å². The Labute approximate surface area is 226 Å². The van der Waals surface area contributed by atoms with Gasteiger partial charge in [0, 0.05) is 24.5 Å². The molecule has 0 radical (unpaired) electrons. The van der Waals surface area contributed by atoms with Gasteiger partial charge in [0.1, 0.15) is 0 Å². The van der Waals surface area contributed by atoms with Crippen molar-refractivity contribution in [2.24, 2.45) is 0 Å². The molecule has 0 fully saturated rings. The predicted octanol–water partition coefficient (Wildman–Crippen LogP) is 10.2. The second-order valence-electron chi connectivity index (χ2n) is 10.7. The van der Waals surface area contributed by atoms with E-state index < -0.39 is 0 Å². The summed E-state index contributed by atoms with van der Waals surface area (Å²) in [6.07, 6.45) is 38.7. The minimum absolute atomic E-state index is 0.0736. The van der Waals surface area contributed by atoms with E-state index >= 15 is 0 Å². The number of hydrogen-bond acceptors (Lipinski definition) is 2. The fourth-order valence-corrected chi connectivity index (χ4v) is 5.20. The first kappa shape index (κ1) is 29.0. The van der Waals surface area contributed by atoms with Crippen molar-refractivity contribution in [3.8, 4) is 0 Å². The van der Waals surface area contributed by atoms with Crippen LogP contribution in [0.25, 0.3) is 11.6 Å². The van der Waals surface area contributed by atoms with E-state index in [1.807, 2.05) is 36.4 Å². The van der Waals surface area contributed by atoms with Gasteiger partial charge in [-0.25, -0.2) is 0 Å². The highest BCUT2D eigenvalue weighted by molar-refractivity contribution is 6.30. The summed E-state index contributed by atoms with van der Waals surface area (Å²) in [5.41, 5.74) is 4.01. The molecule has 37 heavy (non-hydrogen) atoms. The minimum Gasteiger partial charge on any atom is -0.354 e. The average Bonchev–Trinajstić information content (AvgIpc) is 2.93. The molecule has 1 heterocycles. The second kappa shape index (κ2) is 17.8. The molecule has 1 aromatic rings. The summed E-state index contributed by atoms with van der Waals surface area (Å²) in [6, 6.07) is 8.07. The maximum atomic E-state index is 12.4. The van der Waals surface area contributed by atoms with E-state index in [1.54, 1.807) is 6.08 Å². The molecule has 0 unspecified atom stereocenters. The highest BCUT2D eigenvalue weighted by atomic mass is 16.1. The maximum Gasteiger partial charge on any atom is 0.186 e. The number of carbonyl (C=O) groups is 1. The molecular weight excluding hydrogens is 450 g/mol. The molecule has 3 rings (SSSR count). The summed E-state index contributed by atoms with van der Waals surface area (Å²) < 4.78 is 0. The van der Waals surface area contributed by atoms with Gasteiger partial charge in [-0.2, -0.15) is 0 Å². The molecule has 0 N–H and O–H groups in total. The fourth-order valence-electron chi connectivity index (χ4n) is 5.20. The standard InChI is InChI=1S/C35H49NO/c1-2-3-4-5-6-7-8-9-10-11-12-13-14-15-16-19-28-36-29-26-31(27-30-36)22-24-34-33-21-18-17-20-32(33)23-25-35(34)37/h17-18,20-27,29-30H,2-16,19,28H2,1H3/b34-24-. The Morgan fingerprint density at radius 3 is 1.76 bits per heavy atom. The quantitative estimate of drug-likeness (QED) is 0.148. The van der Waals surface area contributed by atoms with Gasteiger partial charge in [-0.05, 0) is 47.4 Å². The number of ketones is 1. The summed E-state index contributed by atoms with van der Waals surface area (Å²) in [5.74, 6) is 0.0736. The number of nitrogens with zero attached hydrogens (tertiary/aromatic N) is 1. The summed E-state index contributed by atoms with van der Waals surface area (Å²) >= 11 is 0. The molecule has 2 aliphatic rings. The van der Waals surface area contributed by atoms with Gasteiger partial charge in [0.2, 0.25) is 0 Å². The SMILES string of the molecule is CCCCCCCCCCCCCCCCCCN1C=CC(=C/C=C2\C(=O)C=Cc3ccccc32)C=C1. The van der Waals surface area contributed by atoms with Crippen molar-refractivity contribution in [2.75, 3.05) is 6.54 Å². The summed E-state index contributed by atoms with van der Waals surface area (Å²) in [7, 11) is 0. The zero-order chi connectivity index (χ0) is 26.0. The average molecular weight is 500 g/mol. The van der Waals surface area contributed by atoms with Crippen LogP contribution in [0.4, 0.5) is 0 Å². The molecule has 200 valence electrons. The third kappa shape index (κ3) is 11.1. The van der Waals surface area contributed by atoms with Crippen LogP contribution in [-0.2, 0) is 4.79 Å². The molecular formula is C35H49NO. The van der Waals surface area contributed by atoms with E-state index in [4.69, 9.17) is 0 Å². The third-order valence-electron chi connectivity index (χ3n) is 7.56. The van der Waals surface area contributed by atoms with Gasteiger partial charge >= 0.3 is 0 Å². The van der Waals surface area contributed by atoms with Gasteiger partial charge in [0.05, 0.1) is 0 Å². The zero-order valence-corrected chi connectivity index (χ0v) is 23.3. The number of carbonyl (C=O) groups excluding carboxylic acids is 1.